The Labute approximate surface area is 134 Å². The molecule has 0 fully saturated rings. The number of hydrogen-bond donors (Lipinski definition) is 2. The highest BCUT2D eigenvalue weighted by Gasteiger charge is 2.15. The predicted octanol–water partition coefficient (Wildman–Crippen LogP) is 2.56. The molecule has 5 heteroatoms. The summed E-state index contributed by atoms with van der Waals surface area (Å²) in [6.45, 7) is 4.42. The van der Waals surface area contributed by atoms with Gasteiger partial charge in [0.2, 0.25) is 0 Å². The van der Waals surface area contributed by atoms with E-state index in [9.17, 15) is 4.79 Å². The minimum atomic E-state index is -0.158. The van der Waals surface area contributed by atoms with Crippen molar-refractivity contribution in [2.45, 2.75) is 26.3 Å². The molecular formula is C18H20N4O. The standard InChI is InChI=1S/C18H20N4O/c1-3-12(10-19)20-18(23)13-7-5-9-15-17(13)22-14-8-4-6-11(2)16(14)21-15/h4-9,12H,3,10,19H2,1-2H3,(H,20,23). The molecule has 1 unspecified atom stereocenters. The summed E-state index contributed by atoms with van der Waals surface area (Å²) in [4.78, 5) is 21.9. The number of para-hydroxylation sites is 2. The van der Waals surface area contributed by atoms with E-state index >= 15 is 0 Å². The van der Waals surface area contributed by atoms with Crippen LogP contribution >= 0.6 is 0 Å². The molecule has 0 spiro atoms. The molecule has 5 nitrogen and oxygen atoms in total. The molecule has 0 aliphatic carbocycles. The first-order valence-corrected chi connectivity index (χ1v) is 7.81. The largest absolute Gasteiger partial charge is 0.348 e. The zero-order chi connectivity index (χ0) is 16.4. The number of hydrogen-bond acceptors (Lipinski definition) is 4. The molecule has 0 aliphatic heterocycles. The zero-order valence-electron chi connectivity index (χ0n) is 13.3. The number of rotatable bonds is 4. The lowest BCUT2D eigenvalue weighted by molar-refractivity contribution is 0.0938. The number of nitrogens with two attached hydrogens (primary N) is 1. The number of fused-ring (bicyclic) bond motifs is 2. The monoisotopic (exact) mass is 308 g/mol. The van der Waals surface area contributed by atoms with Crippen LogP contribution in [0.15, 0.2) is 36.4 Å². The van der Waals surface area contributed by atoms with Crippen molar-refractivity contribution in [1.29, 1.82) is 0 Å². The van der Waals surface area contributed by atoms with Gasteiger partial charge in [-0.25, -0.2) is 9.97 Å². The van der Waals surface area contributed by atoms with Gasteiger partial charge in [0, 0.05) is 12.6 Å². The topological polar surface area (TPSA) is 80.9 Å². The van der Waals surface area contributed by atoms with E-state index < -0.39 is 0 Å². The minimum Gasteiger partial charge on any atom is -0.348 e. The molecule has 23 heavy (non-hydrogen) atoms. The number of carbonyl (C=O) groups excluding carboxylic acids is 1. The minimum absolute atomic E-state index is 0.0339. The summed E-state index contributed by atoms with van der Waals surface area (Å²) in [7, 11) is 0. The van der Waals surface area contributed by atoms with Crippen molar-refractivity contribution in [2.75, 3.05) is 6.54 Å². The molecule has 1 amide bonds. The van der Waals surface area contributed by atoms with Gasteiger partial charge in [0.1, 0.15) is 5.52 Å². The number of nitrogens with one attached hydrogen (secondary N) is 1. The third-order valence-electron chi connectivity index (χ3n) is 4.05. The van der Waals surface area contributed by atoms with Crippen molar-refractivity contribution in [3.63, 3.8) is 0 Å². The number of amides is 1. The molecule has 118 valence electrons. The summed E-state index contributed by atoms with van der Waals surface area (Å²) in [6.07, 6.45) is 0.792. The lowest BCUT2D eigenvalue weighted by Gasteiger charge is -2.15. The van der Waals surface area contributed by atoms with E-state index in [1.165, 1.54) is 0 Å². The first kappa shape index (κ1) is 15.4. The molecule has 0 saturated carbocycles. The van der Waals surface area contributed by atoms with E-state index in [1.807, 2.05) is 44.2 Å². The van der Waals surface area contributed by atoms with Crippen LogP contribution in [0.5, 0.6) is 0 Å². The van der Waals surface area contributed by atoms with E-state index in [1.54, 1.807) is 6.07 Å². The summed E-state index contributed by atoms with van der Waals surface area (Å²) in [5.74, 6) is -0.158. The van der Waals surface area contributed by atoms with Gasteiger partial charge in [-0.05, 0) is 37.1 Å². The van der Waals surface area contributed by atoms with Gasteiger partial charge in [-0.1, -0.05) is 25.1 Å². The van der Waals surface area contributed by atoms with Gasteiger partial charge in [0.25, 0.3) is 5.91 Å². The van der Waals surface area contributed by atoms with Gasteiger partial charge in [-0.15, -0.1) is 0 Å². The van der Waals surface area contributed by atoms with E-state index in [0.717, 1.165) is 28.5 Å². The van der Waals surface area contributed by atoms with Crippen LogP contribution in [0.2, 0.25) is 0 Å². The van der Waals surface area contributed by atoms with Gasteiger partial charge in [0.05, 0.1) is 22.1 Å². The summed E-state index contributed by atoms with van der Waals surface area (Å²) in [5.41, 5.74) is 10.3. The number of benzene rings is 2. The highest BCUT2D eigenvalue weighted by atomic mass is 16.1. The molecule has 2 aromatic carbocycles. The predicted molar refractivity (Wildman–Crippen MR) is 92.4 cm³/mol. The quantitative estimate of drug-likeness (QED) is 0.726. The Bertz CT molecular complexity index is 871. The number of nitrogens with zero attached hydrogens (tertiary/aromatic N) is 2. The Kier molecular flexibility index (Phi) is 4.21. The average Bonchev–Trinajstić information content (AvgIpc) is 2.58. The summed E-state index contributed by atoms with van der Waals surface area (Å²) < 4.78 is 0. The van der Waals surface area contributed by atoms with Crippen LogP contribution < -0.4 is 11.1 Å². The van der Waals surface area contributed by atoms with Crippen molar-refractivity contribution < 1.29 is 4.79 Å². The van der Waals surface area contributed by atoms with Crippen LogP contribution in [-0.4, -0.2) is 28.5 Å². The van der Waals surface area contributed by atoms with E-state index in [0.29, 0.717) is 17.6 Å². The van der Waals surface area contributed by atoms with Crippen LogP contribution in [0.4, 0.5) is 0 Å². The second-order valence-corrected chi connectivity index (χ2v) is 5.65. The molecule has 1 aromatic heterocycles. The number of aryl methyl sites for hydroxylation is 1. The lowest BCUT2D eigenvalue weighted by atomic mass is 10.1. The second-order valence-electron chi connectivity index (χ2n) is 5.65. The Balaban J connectivity index is 2.12. The van der Waals surface area contributed by atoms with E-state index in [-0.39, 0.29) is 11.9 Å². The summed E-state index contributed by atoms with van der Waals surface area (Å²) in [5, 5.41) is 2.95. The Hall–Kier alpha value is -2.53. The highest BCUT2D eigenvalue weighted by molar-refractivity contribution is 6.06. The van der Waals surface area contributed by atoms with Crippen LogP contribution in [0.1, 0.15) is 29.3 Å². The van der Waals surface area contributed by atoms with Crippen molar-refractivity contribution in [3.05, 3.63) is 47.5 Å². The van der Waals surface area contributed by atoms with Crippen LogP contribution in [0.3, 0.4) is 0 Å². The highest BCUT2D eigenvalue weighted by Crippen LogP contribution is 2.21. The SMILES string of the molecule is CCC(CN)NC(=O)c1cccc2nc3c(C)cccc3nc12. The maximum atomic E-state index is 12.6. The fraction of sp³-hybridized carbons (Fsp3) is 0.278. The molecule has 3 N–H and O–H groups in total. The fourth-order valence-electron chi connectivity index (χ4n) is 2.63. The van der Waals surface area contributed by atoms with Gasteiger partial charge in [-0.2, -0.15) is 0 Å². The molecule has 3 aromatic rings. The van der Waals surface area contributed by atoms with E-state index in [2.05, 4.69) is 15.3 Å². The zero-order valence-corrected chi connectivity index (χ0v) is 13.3. The smallest absolute Gasteiger partial charge is 0.253 e. The first-order chi connectivity index (χ1) is 11.1. The molecule has 0 bridgehead atoms. The molecule has 0 aliphatic rings. The fourth-order valence-corrected chi connectivity index (χ4v) is 2.63. The summed E-state index contributed by atoms with van der Waals surface area (Å²) >= 11 is 0. The van der Waals surface area contributed by atoms with Gasteiger partial charge in [-0.3, -0.25) is 4.79 Å². The molecular weight excluding hydrogens is 288 g/mol. The third-order valence-corrected chi connectivity index (χ3v) is 4.05. The maximum Gasteiger partial charge on any atom is 0.253 e. The normalized spacial score (nSPS) is 12.5. The van der Waals surface area contributed by atoms with Crippen molar-refractivity contribution in [2.24, 2.45) is 5.73 Å². The van der Waals surface area contributed by atoms with Crippen LogP contribution in [-0.2, 0) is 0 Å². The molecule has 0 saturated heterocycles. The van der Waals surface area contributed by atoms with Crippen molar-refractivity contribution in [3.8, 4) is 0 Å². The maximum absolute atomic E-state index is 12.6. The van der Waals surface area contributed by atoms with Gasteiger partial charge in [0.15, 0.2) is 0 Å². The van der Waals surface area contributed by atoms with Gasteiger partial charge < -0.3 is 11.1 Å². The summed E-state index contributed by atoms with van der Waals surface area (Å²) in [6, 6.07) is 11.3. The average molecular weight is 308 g/mol. The second kappa shape index (κ2) is 6.30. The molecule has 1 atom stereocenters. The third kappa shape index (κ3) is 2.87. The Morgan fingerprint density at radius 2 is 1.78 bits per heavy atom. The molecule has 1 heterocycles. The molecule has 0 radical (unpaired) electrons. The number of carbonyl (C=O) groups is 1. The lowest BCUT2D eigenvalue weighted by Crippen LogP contribution is -2.39. The van der Waals surface area contributed by atoms with Gasteiger partial charge >= 0.3 is 0 Å². The van der Waals surface area contributed by atoms with Crippen LogP contribution in [0.25, 0.3) is 22.1 Å². The van der Waals surface area contributed by atoms with Crippen LogP contribution in [0, 0.1) is 6.92 Å². The first-order valence-electron chi connectivity index (χ1n) is 7.81. The Morgan fingerprint density at radius 3 is 2.48 bits per heavy atom. The van der Waals surface area contributed by atoms with E-state index in [4.69, 9.17) is 5.73 Å². The van der Waals surface area contributed by atoms with Crippen molar-refractivity contribution >= 4 is 28.0 Å². The molecule has 3 rings (SSSR count). The number of aromatic nitrogens is 2. The van der Waals surface area contributed by atoms with Crippen molar-refractivity contribution in [1.82, 2.24) is 15.3 Å². The Morgan fingerprint density at radius 1 is 1.13 bits per heavy atom.